The molecule has 30 heavy (non-hydrogen) atoms. The van der Waals surface area contributed by atoms with Crippen molar-refractivity contribution in [2.45, 2.75) is 6.54 Å². The Labute approximate surface area is 170 Å². The predicted octanol–water partition coefficient (Wildman–Crippen LogP) is 3.35. The van der Waals surface area contributed by atoms with Gasteiger partial charge in [0.15, 0.2) is 0 Å². The van der Waals surface area contributed by atoms with Crippen molar-refractivity contribution in [3.05, 3.63) is 78.1 Å². The molecule has 0 atom stereocenters. The molecule has 8 nitrogen and oxygen atoms in total. The molecule has 0 radical (unpaired) electrons. The summed E-state index contributed by atoms with van der Waals surface area (Å²) in [5.74, 6) is -1.65. The van der Waals surface area contributed by atoms with E-state index >= 15 is 0 Å². The fraction of sp³-hybridized carbons (Fsp3) is 0.0952. The summed E-state index contributed by atoms with van der Waals surface area (Å²) in [7, 11) is 1.55. The zero-order valence-corrected chi connectivity index (χ0v) is 15.9. The third-order valence-electron chi connectivity index (χ3n) is 4.58. The summed E-state index contributed by atoms with van der Waals surface area (Å²) >= 11 is 0. The Balaban J connectivity index is 1.74. The van der Waals surface area contributed by atoms with Crippen LogP contribution in [0.25, 0.3) is 16.9 Å². The van der Waals surface area contributed by atoms with E-state index in [0.717, 1.165) is 6.07 Å². The normalized spacial score (nSPS) is 10.9. The molecular weight excluding hydrogens is 391 g/mol. The molecule has 9 heteroatoms. The fourth-order valence-corrected chi connectivity index (χ4v) is 3.12. The Hall–Kier alpha value is -4.14. The van der Waals surface area contributed by atoms with E-state index in [1.54, 1.807) is 37.4 Å². The van der Waals surface area contributed by atoms with Gasteiger partial charge in [0.2, 0.25) is 0 Å². The molecule has 2 aromatic heterocycles. The molecule has 0 aliphatic rings. The lowest BCUT2D eigenvalue weighted by Gasteiger charge is -2.18. The van der Waals surface area contributed by atoms with Crippen molar-refractivity contribution >= 4 is 5.91 Å². The Bertz CT molecular complexity index is 1200. The van der Waals surface area contributed by atoms with Crippen molar-refractivity contribution in [1.82, 2.24) is 19.8 Å². The summed E-state index contributed by atoms with van der Waals surface area (Å²) in [4.78, 5) is 14.2. The first-order valence-corrected chi connectivity index (χ1v) is 8.95. The van der Waals surface area contributed by atoms with E-state index < -0.39 is 11.7 Å². The number of para-hydroxylation sites is 1. The average molecular weight is 408 g/mol. The van der Waals surface area contributed by atoms with Crippen LogP contribution in [0.15, 0.2) is 65.5 Å². The minimum Gasteiger partial charge on any atom is -0.507 e. The highest BCUT2D eigenvalue weighted by Gasteiger charge is 2.22. The van der Waals surface area contributed by atoms with Crippen molar-refractivity contribution in [3.63, 3.8) is 0 Å². The molecule has 0 spiro atoms. The second-order valence-corrected chi connectivity index (χ2v) is 6.62. The van der Waals surface area contributed by atoms with Gasteiger partial charge in [0.25, 0.3) is 5.91 Å². The van der Waals surface area contributed by atoms with Crippen LogP contribution in [0.1, 0.15) is 16.1 Å². The molecule has 4 rings (SSSR count). The molecule has 0 aliphatic carbocycles. The highest BCUT2D eigenvalue weighted by atomic mass is 19.1. The third kappa shape index (κ3) is 3.48. The second kappa shape index (κ2) is 7.70. The lowest BCUT2D eigenvalue weighted by Crippen LogP contribution is -2.26. The lowest BCUT2D eigenvalue weighted by atomic mass is 10.0. The van der Waals surface area contributed by atoms with Gasteiger partial charge in [0, 0.05) is 24.7 Å². The Kier molecular flexibility index (Phi) is 4.93. The maximum absolute atomic E-state index is 14.3. The highest BCUT2D eigenvalue weighted by Crippen LogP contribution is 2.36. The van der Waals surface area contributed by atoms with Gasteiger partial charge in [-0.15, -0.1) is 0 Å². The van der Waals surface area contributed by atoms with Gasteiger partial charge in [0.1, 0.15) is 35.0 Å². The number of nitrogens with zero attached hydrogens (tertiary/aromatic N) is 4. The standard InChI is InChI=1S/C21H17FN4O4/c1-25(12-13-7-9-30-24-13)21(29)15-10-14(19(27)11-20(15)28)17-6-8-23-26(17)18-5-3-2-4-16(18)22/h2-11,27-28H,12H2,1H3. The minimum atomic E-state index is -0.496. The molecule has 2 N–H and O–H groups in total. The molecule has 0 fully saturated rings. The first-order chi connectivity index (χ1) is 14.5. The van der Waals surface area contributed by atoms with Crippen LogP contribution >= 0.6 is 0 Å². The van der Waals surface area contributed by atoms with Crippen LogP contribution < -0.4 is 0 Å². The number of rotatable bonds is 5. The van der Waals surface area contributed by atoms with Gasteiger partial charge in [-0.2, -0.15) is 5.10 Å². The molecule has 2 aromatic carbocycles. The zero-order chi connectivity index (χ0) is 21.3. The number of halogens is 1. The number of phenols is 2. The van der Waals surface area contributed by atoms with E-state index in [-0.39, 0.29) is 34.9 Å². The van der Waals surface area contributed by atoms with Crippen LogP contribution in [0.3, 0.4) is 0 Å². The second-order valence-electron chi connectivity index (χ2n) is 6.62. The van der Waals surface area contributed by atoms with E-state index in [1.807, 2.05) is 0 Å². The molecule has 0 unspecified atom stereocenters. The molecule has 0 aliphatic heterocycles. The van der Waals surface area contributed by atoms with Crippen molar-refractivity contribution in [3.8, 4) is 28.4 Å². The highest BCUT2D eigenvalue weighted by molar-refractivity contribution is 5.98. The number of hydrogen-bond acceptors (Lipinski definition) is 6. The SMILES string of the molecule is CN(Cc1ccon1)C(=O)c1cc(-c2ccnn2-c2ccccc2F)c(O)cc1O. The molecule has 152 valence electrons. The van der Waals surface area contributed by atoms with Crippen LogP contribution in [0.2, 0.25) is 0 Å². The van der Waals surface area contributed by atoms with Crippen molar-refractivity contribution in [1.29, 1.82) is 0 Å². The van der Waals surface area contributed by atoms with Crippen molar-refractivity contribution in [2.75, 3.05) is 7.05 Å². The lowest BCUT2D eigenvalue weighted by molar-refractivity contribution is 0.0779. The number of amides is 1. The number of aromatic hydroxyl groups is 2. The number of carbonyl (C=O) groups excluding carboxylic acids is 1. The molecule has 0 saturated carbocycles. The van der Waals surface area contributed by atoms with Gasteiger partial charge in [-0.05, 0) is 24.3 Å². The van der Waals surface area contributed by atoms with Crippen LogP contribution in [-0.2, 0) is 6.54 Å². The summed E-state index contributed by atoms with van der Waals surface area (Å²) in [6.07, 6.45) is 2.85. The van der Waals surface area contributed by atoms with E-state index in [4.69, 9.17) is 4.52 Å². The number of aromatic nitrogens is 3. The van der Waals surface area contributed by atoms with Crippen molar-refractivity contribution in [2.24, 2.45) is 0 Å². The van der Waals surface area contributed by atoms with Gasteiger partial charge in [-0.25, -0.2) is 9.07 Å². The number of hydrogen-bond donors (Lipinski definition) is 2. The Morgan fingerprint density at radius 1 is 1.17 bits per heavy atom. The van der Waals surface area contributed by atoms with Crippen LogP contribution in [0.5, 0.6) is 11.5 Å². The van der Waals surface area contributed by atoms with Gasteiger partial charge >= 0.3 is 0 Å². The molecule has 4 aromatic rings. The minimum absolute atomic E-state index is 0.0323. The summed E-state index contributed by atoms with van der Waals surface area (Å²) in [5.41, 5.74) is 1.26. The maximum Gasteiger partial charge on any atom is 0.257 e. The van der Waals surface area contributed by atoms with Crippen LogP contribution in [0, 0.1) is 5.82 Å². The smallest absolute Gasteiger partial charge is 0.257 e. The van der Waals surface area contributed by atoms with Gasteiger partial charge in [-0.3, -0.25) is 4.79 Å². The van der Waals surface area contributed by atoms with Crippen molar-refractivity contribution < 1.29 is 23.9 Å². The van der Waals surface area contributed by atoms with Crippen LogP contribution in [-0.4, -0.2) is 43.0 Å². The maximum atomic E-state index is 14.3. The molecule has 1 amide bonds. The fourth-order valence-electron chi connectivity index (χ4n) is 3.12. The first-order valence-electron chi connectivity index (χ1n) is 8.95. The predicted molar refractivity (Wildman–Crippen MR) is 105 cm³/mol. The van der Waals surface area contributed by atoms with Gasteiger partial charge < -0.3 is 19.6 Å². The average Bonchev–Trinajstić information content (AvgIpc) is 3.40. The molecule has 2 heterocycles. The van der Waals surface area contributed by atoms with E-state index in [2.05, 4.69) is 10.3 Å². The van der Waals surface area contributed by atoms with Crippen LogP contribution in [0.4, 0.5) is 4.39 Å². The van der Waals surface area contributed by atoms with E-state index in [0.29, 0.717) is 11.4 Å². The molecule has 0 bridgehead atoms. The summed E-state index contributed by atoms with van der Waals surface area (Å²) in [5, 5.41) is 28.6. The van der Waals surface area contributed by atoms with E-state index in [1.165, 1.54) is 34.2 Å². The number of carbonyl (C=O) groups is 1. The molecular formula is C21H17FN4O4. The molecule has 0 saturated heterocycles. The quantitative estimate of drug-likeness (QED) is 0.525. The Morgan fingerprint density at radius 2 is 1.97 bits per heavy atom. The van der Waals surface area contributed by atoms with Gasteiger partial charge in [0.05, 0.1) is 24.0 Å². The largest absolute Gasteiger partial charge is 0.507 e. The van der Waals surface area contributed by atoms with Gasteiger partial charge in [-0.1, -0.05) is 17.3 Å². The number of phenolic OH excluding ortho intramolecular Hbond substituents is 2. The Morgan fingerprint density at radius 3 is 2.70 bits per heavy atom. The monoisotopic (exact) mass is 408 g/mol. The summed E-state index contributed by atoms with van der Waals surface area (Å²) in [6.45, 7) is 0.165. The summed E-state index contributed by atoms with van der Waals surface area (Å²) < 4.78 is 20.3. The summed E-state index contributed by atoms with van der Waals surface area (Å²) in [6, 6.07) is 11.7. The topological polar surface area (TPSA) is 105 Å². The first kappa shape index (κ1) is 19.2. The zero-order valence-electron chi connectivity index (χ0n) is 15.9. The third-order valence-corrected chi connectivity index (χ3v) is 4.58. The number of benzene rings is 2. The van der Waals surface area contributed by atoms with E-state index in [9.17, 15) is 19.4 Å².